The van der Waals surface area contributed by atoms with E-state index in [1.165, 1.54) is 0 Å². The zero-order valence-electron chi connectivity index (χ0n) is 11.0. The molecule has 0 unspecified atom stereocenters. The maximum absolute atomic E-state index is 12.3. The highest BCUT2D eigenvalue weighted by atomic mass is 35.5. The Morgan fingerprint density at radius 1 is 1.20 bits per heavy atom. The molecule has 0 saturated heterocycles. The molecule has 1 aliphatic rings. The third kappa shape index (κ3) is 3.86. The molecule has 112 valence electrons. The largest absolute Gasteiger partial charge is 0.329 e. The molecular weight excluding hydrogens is 319 g/mol. The predicted octanol–water partition coefficient (Wildman–Crippen LogP) is 2.68. The van der Waals surface area contributed by atoms with Crippen molar-refractivity contribution in [2.75, 3.05) is 6.54 Å². The van der Waals surface area contributed by atoms with Crippen molar-refractivity contribution in [2.24, 2.45) is 5.73 Å². The van der Waals surface area contributed by atoms with Crippen LogP contribution in [0.4, 0.5) is 0 Å². The van der Waals surface area contributed by atoms with Gasteiger partial charge in [0.2, 0.25) is 10.0 Å². The maximum atomic E-state index is 12.3. The van der Waals surface area contributed by atoms with E-state index in [1.54, 1.807) is 18.2 Å². The van der Waals surface area contributed by atoms with Crippen LogP contribution in [-0.4, -0.2) is 20.5 Å². The lowest BCUT2D eigenvalue weighted by Gasteiger charge is -2.28. The van der Waals surface area contributed by atoms with Crippen LogP contribution in [0.3, 0.4) is 0 Å². The fraction of sp³-hybridized carbons (Fsp3) is 0.538. The summed E-state index contributed by atoms with van der Waals surface area (Å²) in [5, 5.41) is 0.767. The summed E-state index contributed by atoms with van der Waals surface area (Å²) < 4.78 is 27.3. The summed E-state index contributed by atoms with van der Waals surface area (Å²) in [6, 6.07) is 4.84. The second-order valence-corrected chi connectivity index (χ2v) is 7.84. The molecule has 0 aromatic heterocycles. The Balaban J connectivity index is 2.12. The molecule has 2 rings (SSSR count). The monoisotopic (exact) mass is 336 g/mol. The number of sulfonamides is 1. The van der Waals surface area contributed by atoms with E-state index in [0.717, 1.165) is 25.7 Å². The minimum Gasteiger partial charge on any atom is -0.329 e. The van der Waals surface area contributed by atoms with Gasteiger partial charge in [0.1, 0.15) is 0 Å². The fourth-order valence-electron chi connectivity index (χ4n) is 2.61. The number of hydrogen-bond acceptors (Lipinski definition) is 3. The lowest BCUT2D eigenvalue weighted by molar-refractivity contribution is 0.399. The first-order valence-corrected chi connectivity index (χ1v) is 8.92. The van der Waals surface area contributed by atoms with Crippen LogP contribution in [-0.2, 0) is 15.8 Å². The van der Waals surface area contributed by atoms with Crippen LogP contribution in [0.1, 0.15) is 31.2 Å². The number of rotatable bonds is 5. The Morgan fingerprint density at radius 3 is 2.40 bits per heavy atom. The van der Waals surface area contributed by atoms with Gasteiger partial charge in [0.25, 0.3) is 0 Å². The van der Waals surface area contributed by atoms with E-state index in [9.17, 15) is 8.42 Å². The quantitative estimate of drug-likeness (QED) is 0.868. The van der Waals surface area contributed by atoms with Crippen LogP contribution in [0.25, 0.3) is 0 Å². The molecule has 20 heavy (non-hydrogen) atoms. The highest BCUT2D eigenvalue weighted by Gasteiger charge is 2.36. The Bertz CT molecular complexity index is 584. The minimum atomic E-state index is -3.45. The summed E-state index contributed by atoms with van der Waals surface area (Å²) in [5.74, 6) is -0.119. The lowest BCUT2D eigenvalue weighted by atomic mass is 10.0. The Morgan fingerprint density at radius 2 is 1.85 bits per heavy atom. The van der Waals surface area contributed by atoms with Gasteiger partial charge in [-0.2, -0.15) is 0 Å². The molecule has 1 aromatic carbocycles. The van der Waals surface area contributed by atoms with Crippen molar-refractivity contribution < 1.29 is 8.42 Å². The number of nitrogens with two attached hydrogens (primary N) is 1. The van der Waals surface area contributed by atoms with Gasteiger partial charge >= 0.3 is 0 Å². The molecule has 1 saturated carbocycles. The molecule has 0 radical (unpaired) electrons. The highest BCUT2D eigenvalue weighted by molar-refractivity contribution is 7.88. The zero-order chi connectivity index (χ0) is 14.8. The third-order valence-electron chi connectivity index (χ3n) is 3.66. The highest BCUT2D eigenvalue weighted by Crippen LogP contribution is 2.30. The maximum Gasteiger partial charge on any atom is 0.216 e. The molecule has 0 aliphatic heterocycles. The average Bonchev–Trinajstić information content (AvgIpc) is 2.82. The van der Waals surface area contributed by atoms with Crippen LogP contribution in [0.5, 0.6) is 0 Å². The van der Waals surface area contributed by atoms with Gasteiger partial charge in [-0.05, 0) is 30.5 Å². The van der Waals surface area contributed by atoms with Crippen molar-refractivity contribution in [1.82, 2.24) is 4.72 Å². The first kappa shape index (κ1) is 16.0. The van der Waals surface area contributed by atoms with Crippen molar-refractivity contribution in [1.29, 1.82) is 0 Å². The summed E-state index contributed by atoms with van der Waals surface area (Å²) in [5.41, 5.74) is 5.88. The molecular formula is C13H18Cl2N2O2S. The van der Waals surface area contributed by atoms with E-state index < -0.39 is 15.6 Å². The summed E-state index contributed by atoms with van der Waals surface area (Å²) in [4.78, 5) is 0. The van der Waals surface area contributed by atoms with Crippen molar-refractivity contribution in [3.05, 3.63) is 33.8 Å². The molecule has 1 fully saturated rings. The summed E-state index contributed by atoms with van der Waals surface area (Å²) in [6.45, 7) is 0.327. The van der Waals surface area contributed by atoms with E-state index in [4.69, 9.17) is 28.9 Å². The van der Waals surface area contributed by atoms with Gasteiger partial charge in [-0.15, -0.1) is 0 Å². The molecule has 0 bridgehead atoms. The number of halogens is 2. The molecule has 3 N–H and O–H groups in total. The van der Waals surface area contributed by atoms with Gasteiger partial charge < -0.3 is 5.73 Å². The van der Waals surface area contributed by atoms with Gasteiger partial charge in [0.15, 0.2) is 0 Å². The smallest absolute Gasteiger partial charge is 0.216 e. The summed E-state index contributed by atoms with van der Waals surface area (Å²) in [6.07, 6.45) is 3.60. The molecule has 1 aromatic rings. The Hall–Kier alpha value is -0.330. The number of nitrogens with one attached hydrogen (secondary N) is 1. The molecule has 7 heteroatoms. The van der Waals surface area contributed by atoms with Gasteiger partial charge in [-0.1, -0.05) is 42.1 Å². The lowest BCUT2D eigenvalue weighted by Crippen LogP contribution is -2.51. The van der Waals surface area contributed by atoms with Gasteiger partial charge in [0.05, 0.1) is 15.8 Å². The van der Waals surface area contributed by atoms with Gasteiger partial charge in [-0.3, -0.25) is 0 Å². The SMILES string of the molecule is NCC1(NS(=O)(=O)Cc2ccc(Cl)c(Cl)c2)CCCC1. The molecule has 0 amide bonds. The average molecular weight is 337 g/mol. The van der Waals surface area contributed by atoms with Crippen molar-refractivity contribution >= 4 is 33.2 Å². The normalized spacial score (nSPS) is 18.4. The van der Waals surface area contributed by atoms with Gasteiger partial charge in [-0.25, -0.2) is 13.1 Å². The van der Waals surface area contributed by atoms with Crippen LogP contribution in [0, 0.1) is 0 Å². The Labute approximate surface area is 129 Å². The van der Waals surface area contributed by atoms with E-state index in [2.05, 4.69) is 4.72 Å². The topological polar surface area (TPSA) is 72.2 Å². The molecule has 0 atom stereocenters. The first-order chi connectivity index (χ1) is 9.36. The van der Waals surface area contributed by atoms with E-state index in [0.29, 0.717) is 22.2 Å². The van der Waals surface area contributed by atoms with Gasteiger partial charge in [0, 0.05) is 12.1 Å². The molecule has 1 aliphatic carbocycles. The number of benzene rings is 1. The zero-order valence-corrected chi connectivity index (χ0v) is 13.4. The summed E-state index contributed by atoms with van der Waals surface area (Å²) >= 11 is 11.7. The predicted molar refractivity (Wildman–Crippen MR) is 82.5 cm³/mol. The van der Waals surface area contributed by atoms with E-state index >= 15 is 0 Å². The standard InChI is InChI=1S/C13H18Cl2N2O2S/c14-11-4-3-10(7-12(11)15)8-20(18,19)17-13(9-16)5-1-2-6-13/h3-4,7,17H,1-2,5-6,8-9,16H2. The second-order valence-electron chi connectivity index (χ2n) is 5.30. The van der Waals surface area contributed by atoms with Crippen LogP contribution in [0.15, 0.2) is 18.2 Å². The van der Waals surface area contributed by atoms with Crippen LogP contribution < -0.4 is 10.5 Å². The Kier molecular flexibility index (Phi) is 4.97. The van der Waals surface area contributed by atoms with Crippen molar-refractivity contribution in [3.8, 4) is 0 Å². The first-order valence-electron chi connectivity index (χ1n) is 6.51. The van der Waals surface area contributed by atoms with Crippen LogP contribution in [0.2, 0.25) is 10.0 Å². The fourth-order valence-corrected chi connectivity index (χ4v) is 4.57. The van der Waals surface area contributed by atoms with Crippen molar-refractivity contribution in [2.45, 2.75) is 37.0 Å². The number of hydrogen-bond donors (Lipinski definition) is 2. The second kappa shape index (κ2) is 6.20. The molecule has 0 spiro atoms. The van der Waals surface area contributed by atoms with Crippen molar-refractivity contribution in [3.63, 3.8) is 0 Å². The van der Waals surface area contributed by atoms with E-state index in [1.807, 2.05) is 0 Å². The minimum absolute atomic E-state index is 0.119. The molecule has 0 heterocycles. The summed E-state index contributed by atoms with van der Waals surface area (Å²) in [7, 11) is -3.45. The van der Waals surface area contributed by atoms with E-state index in [-0.39, 0.29) is 5.75 Å². The van der Waals surface area contributed by atoms with Crippen LogP contribution >= 0.6 is 23.2 Å². The third-order valence-corrected chi connectivity index (χ3v) is 5.86. The molecule has 4 nitrogen and oxygen atoms in total.